The third kappa shape index (κ3) is 3.22. The number of nitrogens with one attached hydrogen (secondary N) is 2. The quantitative estimate of drug-likeness (QED) is 0.745. The van der Waals surface area contributed by atoms with Crippen molar-refractivity contribution in [1.29, 1.82) is 0 Å². The second-order valence-corrected chi connectivity index (χ2v) is 9.03. The third-order valence-electron chi connectivity index (χ3n) is 6.52. The molecule has 1 aromatic carbocycles. The zero-order valence-corrected chi connectivity index (χ0v) is 17.1. The highest BCUT2D eigenvalue weighted by Crippen LogP contribution is 2.55. The number of rotatable bonds is 2. The maximum absolute atomic E-state index is 15.2. The van der Waals surface area contributed by atoms with E-state index in [1.165, 1.54) is 30.0 Å². The molecule has 5 rings (SSSR count). The number of hydrogen-bond acceptors (Lipinski definition) is 7. The summed E-state index contributed by atoms with van der Waals surface area (Å²) in [4.78, 5) is 2.07. The molecule has 4 heterocycles. The Hall–Kier alpha value is -0.810. The van der Waals surface area contributed by atoms with Crippen molar-refractivity contribution in [2.45, 2.75) is 42.9 Å². The number of thioether (sulfide) groups is 1. The van der Waals surface area contributed by atoms with Crippen molar-refractivity contribution >= 4 is 11.8 Å². The van der Waals surface area contributed by atoms with Crippen LogP contribution in [0.15, 0.2) is 18.2 Å². The van der Waals surface area contributed by atoms with Crippen molar-refractivity contribution in [1.82, 2.24) is 20.7 Å². The van der Waals surface area contributed by atoms with Crippen LogP contribution in [0.3, 0.4) is 0 Å². The molecule has 0 bridgehead atoms. The van der Waals surface area contributed by atoms with Gasteiger partial charge < -0.3 is 9.47 Å². The summed E-state index contributed by atoms with van der Waals surface area (Å²) in [5, 5.41) is 5.15. The molecular weight excluding hydrogens is 398 g/mol. The van der Waals surface area contributed by atoms with Gasteiger partial charge in [0.1, 0.15) is 17.1 Å². The largest absolute Gasteiger partial charge is 0.379 e. The first-order valence-electron chi connectivity index (χ1n) is 12.0. The molecule has 7 unspecified atom stereocenters. The Kier molecular flexibility index (Phi) is 4.41. The number of hydrazine groups is 1. The fourth-order valence-electron chi connectivity index (χ4n) is 5.30. The summed E-state index contributed by atoms with van der Waals surface area (Å²) in [5.74, 6) is -2.21. The fraction of sp³-hybridized carbons (Fsp3) is 0.700. The molecule has 4 saturated heterocycles. The first-order valence-corrected chi connectivity index (χ1v) is 10.9. The molecule has 160 valence electrons. The summed E-state index contributed by atoms with van der Waals surface area (Å²) in [7, 11) is 0. The van der Waals surface area contributed by atoms with Gasteiger partial charge in [-0.15, -0.1) is 11.8 Å². The van der Waals surface area contributed by atoms with E-state index < -0.39 is 48.1 Å². The van der Waals surface area contributed by atoms with Gasteiger partial charge in [-0.3, -0.25) is 10.2 Å². The second-order valence-electron chi connectivity index (χ2n) is 7.81. The number of halogens is 2. The first kappa shape index (κ1) is 15.9. The zero-order valence-electron chi connectivity index (χ0n) is 20.3. The van der Waals surface area contributed by atoms with E-state index >= 15 is 8.78 Å². The highest BCUT2D eigenvalue weighted by Gasteiger charge is 2.58. The Labute approximate surface area is 179 Å². The van der Waals surface area contributed by atoms with E-state index in [1.54, 1.807) is 0 Å². The summed E-state index contributed by atoms with van der Waals surface area (Å²) < 4.78 is 73.7. The molecular formula is C20H28F2N4O2S. The molecule has 0 amide bonds. The number of benzene rings is 1. The molecule has 29 heavy (non-hydrogen) atoms. The van der Waals surface area contributed by atoms with Crippen LogP contribution in [0.25, 0.3) is 0 Å². The number of hydrogen-bond donors (Lipinski definition) is 2. The molecule has 6 nitrogen and oxygen atoms in total. The highest BCUT2D eigenvalue weighted by atomic mass is 32.2. The predicted molar refractivity (Wildman–Crippen MR) is 107 cm³/mol. The Morgan fingerprint density at radius 1 is 1.31 bits per heavy atom. The minimum absolute atomic E-state index is 0.0288. The standard InChI is InChI=1S/C20H28F2N4O2S/c1-3-25-11(2)18-23-10-24-26(18)19-15(12-9-27-7-8-28-20(12)29-19)17(25)16-13(21)5-4-6-14(16)22/h4-6,11-12,15,17-20,23-24H,3,7-10H2,1-2H3/i7D2,8D2. The summed E-state index contributed by atoms with van der Waals surface area (Å²) >= 11 is 1.35. The van der Waals surface area contributed by atoms with Crippen LogP contribution < -0.4 is 10.7 Å². The first-order chi connectivity index (χ1) is 15.6. The molecule has 4 aliphatic heterocycles. The van der Waals surface area contributed by atoms with Gasteiger partial charge >= 0.3 is 0 Å². The summed E-state index contributed by atoms with van der Waals surface area (Å²) in [5.41, 5.74) is 2.55. The second kappa shape index (κ2) is 8.03. The number of nitrogens with zero attached hydrogens (tertiary/aromatic N) is 2. The fourth-order valence-corrected chi connectivity index (χ4v) is 7.01. The SMILES string of the molecule is [2H]C1([2H])OCC2C(OC1([2H])[2H])SC1C2C(c2c(F)cccc2F)N(CC)C(C)C2NCNN21. The van der Waals surface area contributed by atoms with Crippen molar-refractivity contribution in [2.75, 3.05) is 32.9 Å². The van der Waals surface area contributed by atoms with E-state index in [1.807, 2.05) is 18.9 Å². The monoisotopic (exact) mass is 430 g/mol. The highest BCUT2D eigenvalue weighted by molar-refractivity contribution is 8.00. The summed E-state index contributed by atoms with van der Waals surface area (Å²) in [6.45, 7) is -0.416. The van der Waals surface area contributed by atoms with Gasteiger partial charge in [0, 0.05) is 29.5 Å². The normalized spacial score (nSPS) is 46.3. The molecule has 2 N–H and O–H groups in total. The van der Waals surface area contributed by atoms with Gasteiger partial charge in [0.2, 0.25) is 0 Å². The van der Waals surface area contributed by atoms with Crippen molar-refractivity contribution in [3.8, 4) is 0 Å². The van der Waals surface area contributed by atoms with E-state index in [2.05, 4.69) is 15.6 Å². The average Bonchev–Trinajstić information content (AvgIpc) is 3.31. The minimum atomic E-state index is -2.67. The Morgan fingerprint density at radius 3 is 2.86 bits per heavy atom. The van der Waals surface area contributed by atoms with Gasteiger partial charge in [0.15, 0.2) is 0 Å². The predicted octanol–water partition coefficient (Wildman–Crippen LogP) is 2.10. The Morgan fingerprint density at radius 2 is 2.10 bits per heavy atom. The van der Waals surface area contributed by atoms with Crippen molar-refractivity contribution in [2.24, 2.45) is 11.8 Å². The maximum Gasteiger partial charge on any atom is 0.130 e. The van der Waals surface area contributed by atoms with Gasteiger partial charge in [0.05, 0.1) is 43.4 Å². The lowest BCUT2D eigenvalue weighted by atomic mass is 9.81. The van der Waals surface area contributed by atoms with Crippen molar-refractivity contribution in [3.63, 3.8) is 0 Å². The van der Waals surface area contributed by atoms with Crippen LogP contribution in [0.2, 0.25) is 0 Å². The summed E-state index contributed by atoms with van der Waals surface area (Å²) in [6, 6.07) is 3.06. The molecule has 4 aliphatic rings. The molecule has 4 fully saturated rings. The average molecular weight is 431 g/mol. The van der Waals surface area contributed by atoms with Crippen molar-refractivity contribution < 1.29 is 23.7 Å². The molecule has 0 radical (unpaired) electrons. The molecule has 0 spiro atoms. The van der Waals surface area contributed by atoms with Gasteiger partial charge in [-0.2, -0.15) is 0 Å². The Bertz CT molecular complexity index is 899. The number of fused-ring (bicyclic) bond motifs is 5. The minimum Gasteiger partial charge on any atom is -0.379 e. The van der Waals surface area contributed by atoms with E-state index in [0.29, 0.717) is 13.2 Å². The molecule has 0 saturated carbocycles. The van der Waals surface area contributed by atoms with E-state index in [4.69, 9.17) is 15.0 Å². The van der Waals surface area contributed by atoms with Crippen LogP contribution in [-0.2, 0) is 9.47 Å². The van der Waals surface area contributed by atoms with Gasteiger partial charge in [0.25, 0.3) is 0 Å². The Balaban J connectivity index is 1.66. The van der Waals surface area contributed by atoms with Crippen LogP contribution in [0.4, 0.5) is 8.78 Å². The van der Waals surface area contributed by atoms with Gasteiger partial charge in [-0.25, -0.2) is 19.2 Å². The molecule has 0 aromatic heterocycles. The summed E-state index contributed by atoms with van der Waals surface area (Å²) in [6.07, 6.45) is -0.142. The zero-order chi connectivity index (χ0) is 23.7. The van der Waals surface area contributed by atoms with Crippen LogP contribution >= 0.6 is 11.8 Å². The third-order valence-corrected chi connectivity index (χ3v) is 8.06. The molecule has 9 heteroatoms. The lowest BCUT2D eigenvalue weighted by Gasteiger charge is -2.40. The maximum atomic E-state index is 15.2. The molecule has 0 aliphatic carbocycles. The van der Waals surface area contributed by atoms with Crippen molar-refractivity contribution in [3.05, 3.63) is 35.4 Å². The lowest BCUT2D eigenvalue weighted by Crippen LogP contribution is -2.53. The van der Waals surface area contributed by atoms with Crippen LogP contribution in [0.1, 0.15) is 30.9 Å². The van der Waals surface area contributed by atoms with E-state index in [-0.39, 0.29) is 29.8 Å². The van der Waals surface area contributed by atoms with Gasteiger partial charge in [-0.05, 0) is 25.6 Å². The molecule has 1 aromatic rings. The lowest BCUT2D eigenvalue weighted by molar-refractivity contribution is 0.0309. The van der Waals surface area contributed by atoms with Crippen LogP contribution in [0, 0.1) is 23.5 Å². The molecule has 7 atom stereocenters. The number of ether oxygens (including phenoxy) is 2. The van der Waals surface area contributed by atoms with Gasteiger partial charge in [-0.1, -0.05) is 13.0 Å². The van der Waals surface area contributed by atoms with Crippen LogP contribution in [0.5, 0.6) is 0 Å². The number of likely N-dealkylation sites (N-methyl/N-ethyl adjacent to an activating group) is 1. The van der Waals surface area contributed by atoms with Crippen LogP contribution in [-0.4, -0.2) is 65.9 Å². The topological polar surface area (TPSA) is 49.0 Å². The van der Waals surface area contributed by atoms with E-state index in [0.717, 1.165) is 0 Å². The van der Waals surface area contributed by atoms with E-state index in [9.17, 15) is 0 Å². The smallest absolute Gasteiger partial charge is 0.130 e.